The smallest absolute Gasteiger partial charge is 0.251 e. The van der Waals surface area contributed by atoms with Gasteiger partial charge in [0.15, 0.2) is 5.96 Å². The van der Waals surface area contributed by atoms with Gasteiger partial charge in [0.1, 0.15) is 0 Å². The number of rotatable bonds is 5. The molecule has 0 aromatic heterocycles. The third-order valence-corrected chi connectivity index (χ3v) is 5.31. The molecule has 5 nitrogen and oxygen atoms in total. The van der Waals surface area contributed by atoms with E-state index in [1.54, 1.807) is 0 Å². The number of guanidine groups is 1. The highest BCUT2D eigenvalue weighted by molar-refractivity contribution is 14.0. The fourth-order valence-electron chi connectivity index (χ4n) is 2.88. The number of nitrogens with zero attached hydrogens (tertiary/aromatic N) is 2. The lowest BCUT2D eigenvalue weighted by atomic mass is 9.65. The van der Waals surface area contributed by atoms with Gasteiger partial charge in [0.25, 0.3) is 5.91 Å². The molecule has 2 rings (SSSR count). The Morgan fingerprint density at radius 3 is 2.24 bits per heavy atom. The van der Waals surface area contributed by atoms with Crippen molar-refractivity contribution in [2.45, 2.75) is 39.7 Å². The summed E-state index contributed by atoms with van der Waals surface area (Å²) in [6.07, 6.45) is 0.856. The number of benzene rings is 1. The molecule has 0 atom stereocenters. The van der Waals surface area contributed by atoms with E-state index in [4.69, 9.17) is 0 Å². The maximum atomic E-state index is 12.0. The summed E-state index contributed by atoms with van der Waals surface area (Å²) in [5.41, 5.74) is 1.08. The minimum atomic E-state index is -0.0226. The standard InChI is InChI=1S/C19H30N4O.HI/c1-18(2)14-23(19(18,3)4)17(20-5)22-13-9-12-21-16(24)15-10-7-6-8-11-15;/h6-8,10-11H,9,12-14H2,1-5H3,(H,20,22)(H,21,24);1H. The summed E-state index contributed by atoms with van der Waals surface area (Å²) in [6.45, 7) is 11.5. The van der Waals surface area contributed by atoms with Gasteiger partial charge in [0.2, 0.25) is 0 Å². The fraction of sp³-hybridized carbons (Fsp3) is 0.579. The topological polar surface area (TPSA) is 56.7 Å². The van der Waals surface area contributed by atoms with Crippen molar-refractivity contribution >= 4 is 35.8 Å². The minimum absolute atomic E-state index is 0. The minimum Gasteiger partial charge on any atom is -0.356 e. The van der Waals surface area contributed by atoms with Gasteiger partial charge in [-0.25, -0.2) is 0 Å². The molecule has 1 aromatic rings. The molecule has 0 unspecified atom stereocenters. The molecule has 0 saturated carbocycles. The molecule has 25 heavy (non-hydrogen) atoms. The molecule has 1 heterocycles. The number of nitrogens with one attached hydrogen (secondary N) is 2. The van der Waals surface area contributed by atoms with E-state index < -0.39 is 0 Å². The molecule has 1 fully saturated rings. The second-order valence-electron chi connectivity index (χ2n) is 7.48. The first kappa shape index (κ1) is 21.7. The van der Waals surface area contributed by atoms with Gasteiger partial charge < -0.3 is 15.5 Å². The lowest BCUT2D eigenvalue weighted by Crippen LogP contribution is -2.72. The Hall–Kier alpha value is -1.31. The maximum absolute atomic E-state index is 12.0. The van der Waals surface area contributed by atoms with Crippen molar-refractivity contribution < 1.29 is 4.79 Å². The number of likely N-dealkylation sites (tertiary alicyclic amines) is 1. The van der Waals surface area contributed by atoms with Crippen molar-refractivity contribution in [2.24, 2.45) is 10.4 Å². The van der Waals surface area contributed by atoms with Gasteiger partial charge in [-0.2, -0.15) is 0 Å². The fourth-order valence-corrected chi connectivity index (χ4v) is 2.88. The summed E-state index contributed by atoms with van der Waals surface area (Å²) in [4.78, 5) is 18.7. The van der Waals surface area contributed by atoms with E-state index in [-0.39, 0.29) is 40.8 Å². The van der Waals surface area contributed by atoms with Crippen LogP contribution in [0.25, 0.3) is 0 Å². The summed E-state index contributed by atoms with van der Waals surface area (Å²) < 4.78 is 0. The predicted molar refractivity (Wildman–Crippen MR) is 115 cm³/mol. The number of aliphatic imine (C=N–C) groups is 1. The predicted octanol–water partition coefficient (Wildman–Crippen LogP) is 3.12. The molecular weight excluding hydrogens is 427 g/mol. The Kier molecular flexibility index (Phi) is 7.71. The van der Waals surface area contributed by atoms with Crippen LogP contribution < -0.4 is 10.6 Å². The lowest BCUT2D eigenvalue weighted by Gasteiger charge is -2.62. The summed E-state index contributed by atoms with van der Waals surface area (Å²) in [6, 6.07) is 9.30. The van der Waals surface area contributed by atoms with E-state index in [0.29, 0.717) is 12.1 Å². The Labute approximate surface area is 168 Å². The molecule has 6 heteroatoms. The van der Waals surface area contributed by atoms with E-state index in [1.807, 2.05) is 37.4 Å². The number of hydrogen-bond acceptors (Lipinski definition) is 2. The lowest BCUT2D eigenvalue weighted by molar-refractivity contribution is -0.0667. The van der Waals surface area contributed by atoms with Gasteiger partial charge >= 0.3 is 0 Å². The molecule has 0 aliphatic carbocycles. The van der Waals surface area contributed by atoms with E-state index >= 15 is 0 Å². The maximum Gasteiger partial charge on any atom is 0.251 e. The molecule has 0 spiro atoms. The second kappa shape index (κ2) is 8.87. The first-order valence-corrected chi connectivity index (χ1v) is 8.61. The van der Waals surface area contributed by atoms with Gasteiger partial charge in [0.05, 0.1) is 0 Å². The first-order chi connectivity index (χ1) is 11.3. The van der Waals surface area contributed by atoms with Gasteiger partial charge in [-0.3, -0.25) is 9.79 Å². The number of amides is 1. The molecule has 0 bridgehead atoms. The van der Waals surface area contributed by atoms with Crippen molar-refractivity contribution in [1.82, 2.24) is 15.5 Å². The monoisotopic (exact) mass is 458 g/mol. The summed E-state index contributed by atoms with van der Waals surface area (Å²) in [5, 5.41) is 6.35. The molecule has 0 radical (unpaired) electrons. The highest BCUT2D eigenvalue weighted by Gasteiger charge is 2.53. The number of carbonyl (C=O) groups is 1. The molecular formula is C19H31IN4O. The third kappa shape index (κ3) is 4.86. The Bertz CT molecular complexity index is 599. The van der Waals surface area contributed by atoms with Crippen LogP contribution in [0.15, 0.2) is 35.3 Å². The van der Waals surface area contributed by atoms with Crippen molar-refractivity contribution in [3.05, 3.63) is 35.9 Å². The van der Waals surface area contributed by atoms with Gasteiger partial charge in [-0.05, 0) is 32.4 Å². The van der Waals surface area contributed by atoms with Crippen LogP contribution in [0, 0.1) is 5.41 Å². The van der Waals surface area contributed by atoms with Crippen molar-refractivity contribution in [3.63, 3.8) is 0 Å². The Morgan fingerprint density at radius 2 is 1.72 bits per heavy atom. The zero-order valence-corrected chi connectivity index (χ0v) is 18.3. The van der Waals surface area contributed by atoms with Crippen LogP contribution in [-0.4, -0.2) is 49.0 Å². The van der Waals surface area contributed by atoms with E-state index in [9.17, 15) is 4.79 Å². The van der Waals surface area contributed by atoms with Crippen LogP contribution in [0.1, 0.15) is 44.5 Å². The van der Waals surface area contributed by atoms with Crippen molar-refractivity contribution in [1.29, 1.82) is 0 Å². The third-order valence-electron chi connectivity index (χ3n) is 5.31. The van der Waals surface area contributed by atoms with Crippen LogP contribution in [0.2, 0.25) is 0 Å². The zero-order chi connectivity index (χ0) is 17.8. The molecule has 1 amide bonds. The van der Waals surface area contributed by atoms with Crippen LogP contribution >= 0.6 is 24.0 Å². The molecule has 2 N–H and O–H groups in total. The van der Waals surface area contributed by atoms with Crippen molar-refractivity contribution in [2.75, 3.05) is 26.7 Å². The molecule has 1 aliphatic heterocycles. The number of halogens is 1. The first-order valence-electron chi connectivity index (χ1n) is 8.61. The van der Waals surface area contributed by atoms with E-state index in [2.05, 4.69) is 48.2 Å². The number of hydrogen-bond donors (Lipinski definition) is 2. The van der Waals surface area contributed by atoms with Crippen LogP contribution in [-0.2, 0) is 0 Å². The van der Waals surface area contributed by atoms with Crippen LogP contribution in [0.4, 0.5) is 0 Å². The van der Waals surface area contributed by atoms with Gasteiger partial charge in [-0.15, -0.1) is 24.0 Å². The zero-order valence-electron chi connectivity index (χ0n) is 15.9. The molecule has 1 aliphatic rings. The molecule has 140 valence electrons. The average molecular weight is 458 g/mol. The van der Waals surface area contributed by atoms with E-state index in [1.165, 1.54) is 0 Å². The highest BCUT2D eigenvalue weighted by atomic mass is 127. The van der Waals surface area contributed by atoms with Crippen molar-refractivity contribution in [3.8, 4) is 0 Å². The Balaban J connectivity index is 0.00000312. The largest absolute Gasteiger partial charge is 0.356 e. The van der Waals surface area contributed by atoms with Gasteiger partial charge in [-0.1, -0.05) is 32.0 Å². The Morgan fingerprint density at radius 1 is 1.12 bits per heavy atom. The average Bonchev–Trinajstić information content (AvgIpc) is 2.57. The SMILES string of the molecule is CN=C(NCCCNC(=O)c1ccccc1)N1CC(C)(C)C1(C)C.I. The molecule has 1 saturated heterocycles. The van der Waals surface area contributed by atoms with Crippen LogP contribution in [0.3, 0.4) is 0 Å². The second-order valence-corrected chi connectivity index (χ2v) is 7.48. The quantitative estimate of drug-likeness (QED) is 0.309. The summed E-state index contributed by atoms with van der Waals surface area (Å²) in [5.74, 6) is 0.916. The highest BCUT2D eigenvalue weighted by Crippen LogP contribution is 2.46. The van der Waals surface area contributed by atoms with E-state index in [0.717, 1.165) is 25.5 Å². The van der Waals surface area contributed by atoms with Gasteiger partial charge in [0, 0.05) is 43.2 Å². The van der Waals surface area contributed by atoms with Crippen LogP contribution in [0.5, 0.6) is 0 Å². The summed E-state index contributed by atoms with van der Waals surface area (Å²) in [7, 11) is 1.82. The molecule has 1 aromatic carbocycles. The summed E-state index contributed by atoms with van der Waals surface area (Å²) >= 11 is 0. The normalized spacial score (nSPS) is 18.0. The number of carbonyl (C=O) groups excluding carboxylic acids is 1.